The van der Waals surface area contributed by atoms with Crippen molar-refractivity contribution in [1.29, 1.82) is 0 Å². The Morgan fingerprint density at radius 1 is 0.909 bits per heavy atom. The number of hydrogen-bond donors (Lipinski definition) is 1. The van der Waals surface area contributed by atoms with Crippen LogP contribution in [0.4, 0.5) is 4.39 Å². The van der Waals surface area contributed by atoms with E-state index in [-0.39, 0.29) is 24.1 Å². The molecule has 0 aromatic heterocycles. The molecule has 3 aromatic rings. The second-order valence-electron chi connectivity index (χ2n) is 8.25. The molecule has 1 atom stereocenters. The van der Waals surface area contributed by atoms with E-state index in [4.69, 9.17) is 0 Å². The van der Waals surface area contributed by atoms with E-state index in [9.17, 15) is 14.0 Å². The Kier molecular flexibility index (Phi) is 8.76. The summed E-state index contributed by atoms with van der Waals surface area (Å²) >= 11 is 0. The van der Waals surface area contributed by atoms with Crippen LogP contribution >= 0.6 is 0 Å². The smallest absolute Gasteiger partial charge is 0.243 e. The van der Waals surface area contributed by atoms with Gasteiger partial charge in [-0.25, -0.2) is 4.39 Å². The van der Waals surface area contributed by atoms with Crippen molar-refractivity contribution in [3.8, 4) is 0 Å². The molecule has 0 heterocycles. The van der Waals surface area contributed by atoms with Crippen LogP contribution in [-0.4, -0.2) is 29.3 Å². The summed E-state index contributed by atoms with van der Waals surface area (Å²) in [5.41, 5.74) is 3.75. The fourth-order valence-corrected chi connectivity index (χ4v) is 3.77. The second-order valence-corrected chi connectivity index (χ2v) is 8.25. The highest BCUT2D eigenvalue weighted by molar-refractivity contribution is 5.88. The monoisotopic (exact) mass is 446 g/mol. The van der Waals surface area contributed by atoms with Gasteiger partial charge in [0.15, 0.2) is 0 Å². The average Bonchev–Trinajstić information content (AvgIpc) is 2.83. The molecule has 0 radical (unpaired) electrons. The van der Waals surface area contributed by atoms with E-state index in [1.807, 2.05) is 68.4 Å². The Labute approximate surface area is 195 Å². The first kappa shape index (κ1) is 24.2. The number of nitrogens with one attached hydrogen (secondary N) is 1. The maximum atomic E-state index is 13.6. The molecule has 3 aromatic carbocycles. The highest BCUT2D eigenvalue weighted by atomic mass is 19.1. The van der Waals surface area contributed by atoms with E-state index >= 15 is 0 Å². The van der Waals surface area contributed by atoms with Crippen LogP contribution < -0.4 is 5.32 Å². The van der Waals surface area contributed by atoms with E-state index in [1.165, 1.54) is 12.1 Å². The highest BCUT2D eigenvalue weighted by Crippen LogP contribution is 2.18. The van der Waals surface area contributed by atoms with Crippen molar-refractivity contribution in [2.75, 3.05) is 6.54 Å². The molecule has 3 rings (SSSR count). The number of halogens is 1. The molecule has 0 bridgehead atoms. The summed E-state index contributed by atoms with van der Waals surface area (Å²) in [5, 5.41) is 2.98. The first-order valence-corrected chi connectivity index (χ1v) is 11.4. The Morgan fingerprint density at radius 3 is 2.24 bits per heavy atom. The third kappa shape index (κ3) is 7.01. The highest BCUT2D eigenvalue weighted by Gasteiger charge is 2.30. The lowest BCUT2D eigenvalue weighted by molar-refractivity contribution is -0.140. The summed E-state index contributed by atoms with van der Waals surface area (Å²) in [5.74, 6) is -0.678. The van der Waals surface area contributed by atoms with Gasteiger partial charge in [-0.1, -0.05) is 73.7 Å². The van der Waals surface area contributed by atoms with Crippen LogP contribution in [-0.2, 0) is 29.0 Å². The van der Waals surface area contributed by atoms with Crippen LogP contribution in [0, 0.1) is 12.7 Å². The molecule has 1 unspecified atom stereocenters. The quantitative estimate of drug-likeness (QED) is 0.484. The van der Waals surface area contributed by atoms with Gasteiger partial charge in [0.25, 0.3) is 0 Å². The van der Waals surface area contributed by atoms with Crippen LogP contribution in [0.2, 0.25) is 0 Å². The summed E-state index contributed by atoms with van der Waals surface area (Å²) in [6.45, 7) is 4.87. The minimum Gasteiger partial charge on any atom is -0.354 e. The van der Waals surface area contributed by atoms with E-state index in [2.05, 4.69) is 5.32 Å². The maximum absolute atomic E-state index is 13.6. The molecule has 33 heavy (non-hydrogen) atoms. The fourth-order valence-electron chi connectivity index (χ4n) is 3.77. The number of nitrogens with zero attached hydrogens (tertiary/aromatic N) is 1. The summed E-state index contributed by atoms with van der Waals surface area (Å²) in [7, 11) is 0. The van der Waals surface area contributed by atoms with Gasteiger partial charge >= 0.3 is 0 Å². The van der Waals surface area contributed by atoms with Crippen molar-refractivity contribution >= 4 is 11.8 Å². The number of rotatable bonds is 10. The lowest BCUT2D eigenvalue weighted by atomic mass is 10.0. The SMILES string of the molecule is CCCNC(=O)C(Cc1ccccc1)N(Cc1ccccc1C)C(=O)Cc1ccc(F)cc1. The molecule has 0 saturated carbocycles. The minimum atomic E-state index is -0.661. The van der Waals surface area contributed by atoms with Gasteiger partial charge in [-0.15, -0.1) is 0 Å². The van der Waals surface area contributed by atoms with Gasteiger partial charge in [0.2, 0.25) is 11.8 Å². The van der Waals surface area contributed by atoms with Crippen LogP contribution in [0.15, 0.2) is 78.9 Å². The van der Waals surface area contributed by atoms with Gasteiger partial charge in [0, 0.05) is 19.5 Å². The van der Waals surface area contributed by atoms with Crippen LogP contribution in [0.3, 0.4) is 0 Å². The predicted molar refractivity (Wildman–Crippen MR) is 129 cm³/mol. The normalized spacial score (nSPS) is 11.6. The molecular formula is C28H31FN2O2. The molecule has 0 aliphatic rings. The molecule has 172 valence electrons. The molecule has 0 fully saturated rings. The molecular weight excluding hydrogens is 415 g/mol. The molecule has 0 saturated heterocycles. The van der Waals surface area contributed by atoms with Crippen LogP contribution in [0.5, 0.6) is 0 Å². The number of carbonyl (C=O) groups is 2. The molecule has 0 aliphatic heterocycles. The summed E-state index contributed by atoms with van der Waals surface area (Å²) in [6.07, 6.45) is 1.32. The number of hydrogen-bond acceptors (Lipinski definition) is 2. The van der Waals surface area contributed by atoms with Crippen molar-refractivity contribution in [1.82, 2.24) is 10.2 Å². The standard InChI is InChI=1S/C28H31FN2O2/c1-3-17-30-28(33)26(18-22-10-5-4-6-11-22)31(20-24-12-8-7-9-21(24)2)27(32)19-23-13-15-25(29)16-14-23/h4-16,26H,3,17-20H2,1-2H3,(H,30,33). The van der Waals surface area contributed by atoms with Crippen molar-refractivity contribution < 1.29 is 14.0 Å². The lowest BCUT2D eigenvalue weighted by Crippen LogP contribution is -2.51. The Balaban J connectivity index is 1.95. The number of benzene rings is 3. The Hall–Kier alpha value is -3.47. The predicted octanol–water partition coefficient (Wildman–Crippen LogP) is 4.84. The topological polar surface area (TPSA) is 49.4 Å². The van der Waals surface area contributed by atoms with E-state index in [0.29, 0.717) is 25.1 Å². The van der Waals surface area contributed by atoms with E-state index in [1.54, 1.807) is 17.0 Å². The fraction of sp³-hybridized carbons (Fsp3) is 0.286. The molecule has 4 nitrogen and oxygen atoms in total. The van der Waals surface area contributed by atoms with Gasteiger partial charge in [-0.05, 0) is 47.7 Å². The maximum Gasteiger partial charge on any atom is 0.243 e. The summed E-state index contributed by atoms with van der Waals surface area (Å²) in [6, 6.07) is 22.9. The number of carbonyl (C=O) groups excluding carboxylic acids is 2. The first-order valence-electron chi connectivity index (χ1n) is 11.4. The first-order chi connectivity index (χ1) is 16.0. The van der Waals surface area contributed by atoms with Gasteiger partial charge < -0.3 is 10.2 Å². The van der Waals surface area contributed by atoms with Gasteiger partial charge in [-0.2, -0.15) is 0 Å². The van der Waals surface area contributed by atoms with Gasteiger partial charge in [-0.3, -0.25) is 9.59 Å². The van der Waals surface area contributed by atoms with Gasteiger partial charge in [0.05, 0.1) is 6.42 Å². The van der Waals surface area contributed by atoms with E-state index in [0.717, 1.165) is 23.1 Å². The zero-order chi connectivity index (χ0) is 23.6. The average molecular weight is 447 g/mol. The second kappa shape index (κ2) is 12.0. The third-order valence-electron chi connectivity index (χ3n) is 5.69. The van der Waals surface area contributed by atoms with Crippen molar-refractivity contribution in [2.45, 2.75) is 45.7 Å². The molecule has 1 N–H and O–H groups in total. The molecule has 0 aliphatic carbocycles. The van der Waals surface area contributed by atoms with Gasteiger partial charge in [0.1, 0.15) is 11.9 Å². The van der Waals surface area contributed by atoms with Crippen molar-refractivity contribution in [3.63, 3.8) is 0 Å². The third-order valence-corrected chi connectivity index (χ3v) is 5.69. The number of amides is 2. The van der Waals surface area contributed by atoms with Crippen LogP contribution in [0.25, 0.3) is 0 Å². The largest absolute Gasteiger partial charge is 0.354 e. The zero-order valence-electron chi connectivity index (χ0n) is 19.3. The van der Waals surface area contributed by atoms with Crippen molar-refractivity contribution in [3.05, 3.63) is 107 Å². The summed E-state index contributed by atoms with van der Waals surface area (Å²) < 4.78 is 13.4. The lowest BCUT2D eigenvalue weighted by Gasteiger charge is -2.32. The summed E-state index contributed by atoms with van der Waals surface area (Å²) in [4.78, 5) is 28.5. The van der Waals surface area contributed by atoms with Crippen molar-refractivity contribution in [2.24, 2.45) is 0 Å². The van der Waals surface area contributed by atoms with Crippen LogP contribution in [0.1, 0.15) is 35.6 Å². The number of aryl methyl sites for hydroxylation is 1. The Bertz CT molecular complexity index is 1050. The molecule has 2 amide bonds. The Morgan fingerprint density at radius 2 is 1.58 bits per heavy atom. The zero-order valence-corrected chi connectivity index (χ0v) is 19.3. The minimum absolute atomic E-state index is 0.0957. The van der Waals surface area contributed by atoms with E-state index < -0.39 is 6.04 Å². The molecule has 0 spiro atoms. The molecule has 5 heteroatoms.